The minimum atomic E-state index is -0.663. The zero-order valence-corrected chi connectivity index (χ0v) is 7.55. The second kappa shape index (κ2) is 3.14. The van der Waals surface area contributed by atoms with E-state index in [9.17, 15) is 4.79 Å². The zero-order valence-electron chi connectivity index (χ0n) is 7.55. The standard InChI is InChI=1S/C9H14N2O/c1-3-7(2)11-8(12)9(6-10)4-5-9/h7H,3-5H2,1-2H3,(H,11,12). The van der Waals surface area contributed by atoms with Crippen molar-refractivity contribution in [1.29, 1.82) is 5.26 Å². The van der Waals surface area contributed by atoms with Crippen molar-refractivity contribution < 1.29 is 4.79 Å². The summed E-state index contributed by atoms with van der Waals surface area (Å²) in [5.74, 6) is -0.0839. The molecule has 1 aliphatic carbocycles. The van der Waals surface area contributed by atoms with Crippen LogP contribution in [0.15, 0.2) is 0 Å². The van der Waals surface area contributed by atoms with E-state index >= 15 is 0 Å². The van der Waals surface area contributed by atoms with Gasteiger partial charge in [-0.1, -0.05) is 6.92 Å². The highest BCUT2D eigenvalue weighted by Crippen LogP contribution is 2.45. The lowest BCUT2D eigenvalue weighted by atomic mass is 10.1. The van der Waals surface area contributed by atoms with Crippen molar-refractivity contribution in [3.63, 3.8) is 0 Å². The van der Waals surface area contributed by atoms with Gasteiger partial charge >= 0.3 is 0 Å². The number of rotatable bonds is 3. The van der Waals surface area contributed by atoms with Crippen LogP contribution < -0.4 is 5.32 Å². The quantitative estimate of drug-likeness (QED) is 0.685. The first-order valence-electron chi connectivity index (χ1n) is 4.37. The molecule has 0 spiro atoms. The van der Waals surface area contributed by atoms with Crippen molar-refractivity contribution >= 4 is 5.91 Å². The Balaban J connectivity index is 2.45. The smallest absolute Gasteiger partial charge is 0.240 e. The predicted octanol–water partition coefficient (Wildman–Crippen LogP) is 1.20. The summed E-state index contributed by atoms with van der Waals surface area (Å²) in [6, 6.07) is 2.25. The van der Waals surface area contributed by atoms with Crippen molar-refractivity contribution in [2.45, 2.75) is 39.2 Å². The SMILES string of the molecule is CCC(C)NC(=O)C1(C#N)CC1. The van der Waals surface area contributed by atoms with Gasteiger partial charge in [0.1, 0.15) is 5.41 Å². The fourth-order valence-electron chi connectivity index (χ4n) is 0.979. The molecule has 0 aliphatic heterocycles. The molecule has 12 heavy (non-hydrogen) atoms. The van der Waals surface area contributed by atoms with Crippen LogP contribution >= 0.6 is 0 Å². The number of nitriles is 1. The van der Waals surface area contributed by atoms with Crippen LogP contribution in [0.5, 0.6) is 0 Å². The molecule has 66 valence electrons. The van der Waals surface area contributed by atoms with E-state index in [1.54, 1.807) is 0 Å². The summed E-state index contributed by atoms with van der Waals surface area (Å²) in [5, 5.41) is 11.5. The summed E-state index contributed by atoms with van der Waals surface area (Å²) in [6.45, 7) is 3.96. The highest BCUT2D eigenvalue weighted by Gasteiger charge is 2.50. The Hall–Kier alpha value is -1.04. The van der Waals surface area contributed by atoms with E-state index in [4.69, 9.17) is 5.26 Å². The third kappa shape index (κ3) is 1.58. The summed E-state index contributed by atoms with van der Waals surface area (Å²) in [5.41, 5.74) is -0.663. The van der Waals surface area contributed by atoms with Crippen LogP contribution in [0.1, 0.15) is 33.1 Å². The normalized spacial score (nSPS) is 20.8. The molecule has 3 nitrogen and oxygen atoms in total. The predicted molar refractivity (Wildman–Crippen MR) is 45.2 cm³/mol. The number of nitrogens with one attached hydrogen (secondary N) is 1. The second-order valence-corrected chi connectivity index (χ2v) is 3.48. The van der Waals surface area contributed by atoms with Crippen LogP contribution in [0, 0.1) is 16.7 Å². The fourth-order valence-corrected chi connectivity index (χ4v) is 0.979. The first-order chi connectivity index (χ1) is 5.64. The molecule has 1 unspecified atom stereocenters. The van der Waals surface area contributed by atoms with E-state index in [1.807, 2.05) is 13.8 Å². The Morgan fingerprint density at radius 1 is 1.75 bits per heavy atom. The van der Waals surface area contributed by atoms with Gasteiger partial charge < -0.3 is 5.32 Å². The molecular formula is C9H14N2O. The average Bonchev–Trinajstić information content (AvgIpc) is 2.84. The van der Waals surface area contributed by atoms with Gasteiger partial charge in [-0.3, -0.25) is 4.79 Å². The lowest BCUT2D eigenvalue weighted by molar-refractivity contribution is -0.125. The lowest BCUT2D eigenvalue weighted by Gasteiger charge is -2.13. The van der Waals surface area contributed by atoms with Crippen molar-refractivity contribution in [3.05, 3.63) is 0 Å². The van der Waals surface area contributed by atoms with Gasteiger partial charge in [-0.05, 0) is 26.2 Å². The molecule has 1 saturated carbocycles. The monoisotopic (exact) mass is 166 g/mol. The average molecular weight is 166 g/mol. The molecule has 0 aromatic carbocycles. The molecule has 0 aromatic heterocycles. The third-order valence-electron chi connectivity index (χ3n) is 2.39. The van der Waals surface area contributed by atoms with E-state index in [0.717, 1.165) is 19.3 Å². The molecule has 1 fully saturated rings. The minimum Gasteiger partial charge on any atom is -0.352 e. The molecular weight excluding hydrogens is 152 g/mol. The largest absolute Gasteiger partial charge is 0.352 e. The maximum atomic E-state index is 11.4. The Bertz CT molecular complexity index is 225. The summed E-state index contributed by atoms with van der Waals surface area (Å²) < 4.78 is 0. The number of carbonyl (C=O) groups excluding carboxylic acids is 1. The van der Waals surface area contributed by atoms with Crippen molar-refractivity contribution in [2.75, 3.05) is 0 Å². The van der Waals surface area contributed by atoms with Crippen LogP contribution in [-0.4, -0.2) is 11.9 Å². The van der Waals surface area contributed by atoms with Crippen LogP contribution in [0.3, 0.4) is 0 Å². The molecule has 0 saturated heterocycles. The Morgan fingerprint density at radius 2 is 2.33 bits per heavy atom. The van der Waals surface area contributed by atoms with E-state index in [1.165, 1.54) is 0 Å². The van der Waals surface area contributed by atoms with Crippen molar-refractivity contribution in [3.8, 4) is 6.07 Å². The van der Waals surface area contributed by atoms with E-state index in [-0.39, 0.29) is 11.9 Å². The summed E-state index contributed by atoms with van der Waals surface area (Å²) in [4.78, 5) is 11.4. The molecule has 1 aliphatic rings. The number of carbonyl (C=O) groups is 1. The van der Waals surface area contributed by atoms with Crippen molar-refractivity contribution in [1.82, 2.24) is 5.32 Å². The van der Waals surface area contributed by atoms with Crippen LogP contribution in [0.25, 0.3) is 0 Å². The van der Waals surface area contributed by atoms with Gasteiger partial charge in [0.25, 0.3) is 0 Å². The molecule has 1 atom stereocenters. The van der Waals surface area contributed by atoms with Crippen molar-refractivity contribution in [2.24, 2.45) is 5.41 Å². The molecule has 0 bridgehead atoms. The maximum Gasteiger partial charge on any atom is 0.240 e. The molecule has 3 heteroatoms. The topological polar surface area (TPSA) is 52.9 Å². The highest BCUT2D eigenvalue weighted by atomic mass is 16.2. The first-order valence-corrected chi connectivity index (χ1v) is 4.37. The molecule has 0 radical (unpaired) electrons. The Kier molecular flexibility index (Phi) is 2.37. The van der Waals surface area contributed by atoms with Crippen LogP contribution in [-0.2, 0) is 4.79 Å². The van der Waals surface area contributed by atoms with Gasteiger partial charge in [-0.2, -0.15) is 5.26 Å². The molecule has 1 rings (SSSR count). The number of hydrogen-bond donors (Lipinski definition) is 1. The second-order valence-electron chi connectivity index (χ2n) is 3.48. The first kappa shape index (κ1) is 9.05. The maximum absolute atomic E-state index is 11.4. The van der Waals surface area contributed by atoms with E-state index < -0.39 is 5.41 Å². The van der Waals surface area contributed by atoms with Gasteiger partial charge in [0.05, 0.1) is 6.07 Å². The molecule has 0 heterocycles. The number of hydrogen-bond acceptors (Lipinski definition) is 2. The highest BCUT2D eigenvalue weighted by molar-refractivity contribution is 5.88. The number of nitrogens with zero attached hydrogens (tertiary/aromatic N) is 1. The zero-order chi connectivity index (χ0) is 9.19. The van der Waals surface area contributed by atoms with Gasteiger partial charge in [-0.25, -0.2) is 0 Å². The third-order valence-corrected chi connectivity index (χ3v) is 2.39. The lowest BCUT2D eigenvalue weighted by Crippen LogP contribution is -2.37. The van der Waals surface area contributed by atoms with Gasteiger partial charge in [0.15, 0.2) is 0 Å². The van der Waals surface area contributed by atoms with Gasteiger partial charge in [0, 0.05) is 6.04 Å². The summed E-state index contributed by atoms with van der Waals surface area (Å²) in [7, 11) is 0. The molecule has 1 N–H and O–H groups in total. The summed E-state index contributed by atoms with van der Waals surface area (Å²) in [6.07, 6.45) is 2.37. The van der Waals surface area contributed by atoms with Crippen LogP contribution in [0.4, 0.5) is 0 Å². The van der Waals surface area contributed by atoms with Gasteiger partial charge in [-0.15, -0.1) is 0 Å². The Labute approximate surface area is 72.8 Å². The van der Waals surface area contributed by atoms with E-state index in [2.05, 4.69) is 11.4 Å². The molecule has 0 aromatic rings. The van der Waals surface area contributed by atoms with E-state index in [0.29, 0.717) is 0 Å². The summed E-state index contributed by atoms with van der Waals surface area (Å²) >= 11 is 0. The molecule has 1 amide bonds. The Morgan fingerprint density at radius 3 is 2.67 bits per heavy atom. The fraction of sp³-hybridized carbons (Fsp3) is 0.778. The van der Waals surface area contributed by atoms with Crippen LogP contribution in [0.2, 0.25) is 0 Å². The number of amides is 1. The minimum absolute atomic E-state index is 0.0839. The van der Waals surface area contributed by atoms with Gasteiger partial charge in [0.2, 0.25) is 5.91 Å².